The summed E-state index contributed by atoms with van der Waals surface area (Å²) in [5.41, 5.74) is 0. The van der Waals surface area contributed by atoms with Gasteiger partial charge in [-0.25, -0.2) is 0 Å². The van der Waals surface area contributed by atoms with Gasteiger partial charge in [-0.1, -0.05) is 25.5 Å². The van der Waals surface area contributed by atoms with Gasteiger partial charge in [0.15, 0.2) is 0 Å². The Balaban J connectivity index is 2.62. The Morgan fingerprint density at radius 3 is 2.50 bits per heavy atom. The van der Waals surface area contributed by atoms with Crippen molar-refractivity contribution < 1.29 is 5.11 Å². The van der Waals surface area contributed by atoms with Crippen molar-refractivity contribution in [2.75, 3.05) is 6.61 Å². The largest absolute Gasteiger partial charge is 0.854 e. The lowest BCUT2D eigenvalue weighted by Gasteiger charge is -1.99. The zero-order valence-corrected chi connectivity index (χ0v) is 5.15. The second-order valence-electron chi connectivity index (χ2n) is 1.76. The highest BCUT2D eigenvalue weighted by molar-refractivity contribution is 4.54. The molecular weight excluding hydrogens is 100 g/mol. The van der Waals surface area contributed by atoms with Crippen molar-refractivity contribution in [3.8, 4) is 0 Å². The van der Waals surface area contributed by atoms with Crippen molar-refractivity contribution in [2.45, 2.75) is 25.7 Å². The van der Waals surface area contributed by atoms with E-state index in [4.69, 9.17) is 0 Å². The average molecular weight is 112 g/mol. The van der Waals surface area contributed by atoms with Crippen molar-refractivity contribution in [3.63, 3.8) is 0 Å². The Morgan fingerprint density at radius 1 is 1.25 bits per heavy atom. The Kier molecular flexibility index (Phi) is 6.45. The maximum atomic E-state index is 9.86. The van der Waals surface area contributed by atoms with E-state index >= 15 is 0 Å². The molecule has 0 aliphatic carbocycles. The molecule has 0 saturated heterocycles. The van der Waals surface area contributed by atoms with Crippen LogP contribution >= 0.6 is 0 Å². The average Bonchev–Trinajstić information content (AvgIpc) is 1.81. The highest BCUT2D eigenvalue weighted by Gasteiger charge is 1.79. The van der Waals surface area contributed by atoms with Crippen molar-refractivity contribution >= 4 is 0 Å². The van der Waals surface area contributed by atoms with Crippen molar-refractivity contribution in [1.29, 1.82) is 0 Å². The fourth-order valence-corrected chi connectivity index (χ4v) is 0.529. The van der Waals surface area contributed by atoms with Gasteiger partial charge in [0.25, 0.3) is 0 Å². The SMILES string of the molecule is C=[C]CCCCC[O-]. The third-order valence-electron chi connectivity index (χ3n) is 0.998. The van der Waals surface area contributed by atoms with Crippen LogP contribution in [0.5, 0.6) is 0 Å². The molecule has 1 nitrogen and oxygen atoms in total. The van der Waals surface area contributed by atoms with Crippen LogP contribution in [0.15, 0.2) is 6.58 Å². The minimum atomic E-state index is 0.0666. The topological polar surface area (TPSA) is 23.1 Å². The first kappa shape index (κ1) is 7.70. The highest BCUT2D eigenvalue weighted by Crippen LogP contribution is 1.96. The van der Waals surface area contributed by atoms with Gasteiger partial charge in [-0.15, -0.1) is 6.61 Å². The number of rotatable bonds is 5. The van der Waals surface area contributed by atoms with Crippen molar-refractivity contribution in [1.82, 2.24) is 0 Å². The van der Waals surface area contributed by atoms with E-state index in [1.54, 1.807) is 0 Å². The van der Waals surface area contributed by atoms with Gasteiger partial charge in [-0.3, -0.25) is 0 Å². The van der Waals surface area contributed by atoms with Crippen LogP contribution in [-0.2, 0) is 0 Å². The first-order valence-corrected chi connectivity index (χ1v) is 3.00. The molecule has 0 aromatic rings. The molecule has 47 valence electrons. The number of hydrogen-bond donors (Lipinski definition) is 0. The Bertz CT molecular complexity index is 50.3. The van der Waals surface area contributed by atoms with Crippen LogP contribution in [0.2, 0.25) is 0 Å². The van der Waals surface area contributed by atoms with E-state index < -0.39 is 0 Å². The number of hydrogen-bond acceptors (Lipinski definition) is 1. The third kappa shape index (κ3) is 5.70. The summed E-state index contributed by atoms with van der Waals surface area (Å²) in [6, 6.07) is 0. The molecule has 0 aliphatic rings. The zero-order chi connectivity index (χ0) is 6.24. The summed E-state index contributed by atoms with van der Waals surface area (Å²) in [6.07, 6.45) is 6.62. The van der Waals surface area contributed by atoms with Gasteiger partial charge in [0, 0.05) is 0 Å². The summed E-state index contributed by atoms with van der Waals surface area (Å²) in [7, 11) is 0. The molecule has 0 heterocycles. The summed E-state index contributed by atoms with van der Waals surface area (Å²) in [6.45, 7) is 3.52. The lowest BCUT2D eigenvalue weighted by Crippen LogP contribution is -2.04. The molecule has 0 aromatic heterocycles. The maximum absolute atomic E-state index is 9.86. The van der Waals surface area contributed by atoms with Gasteiger partial charge in [-0.2, -0.15) is 0 Å². The van der Waals surface area contributed by atoms with Gasteiger partial charge >= 0.3 is 0 Å². The quantitative estimate of drug-likeness (QED) is 0.484. The van der Waals surface area contributed by atoms with Crippen LogP contribution in [-0.4, -0.2) is 6.61 Å². The molecule has 0 amide bonds. The van der Waals surface area contributed by atoms with E-state index in [1.807, 2.05) is 0 Å². The fraction of sp³-hybridized carbons (Fsp3) is 0.714. The van der Waals surface area contributed by atoms with Crippen LogP contribution in [0.4, 0.5) is 0 Å². The van der Waals surface area contributed by atoms with Crippen LogP contribution in [0.25, 0.3) is 0 Å². The number of allylic oxidation sites excluding steroid dienone is 1. The summed E-state index contributed by atoms with van der Waals surface area (Å²) in [4.78, 5) is 0. The van der Waals surface area contributed by atoms with Gasteiger partial charge in [0.2, 0.25) is 0 Å². The minimum Gasteiger partial charge on any atom is -0.854 e. The van der Waals surface area contributed by atoms with E-state index in [-0.39, 0.29) is 6.61 Å². The Hall–Kier alpha value is -0.300. The predicted octanol–water partition coefficient (Wildman–Crippen LogP) is 0.896. The summed E-state index contributed by atoms with van der Waals surface area (Å²) in [5, 5.41) is 9.86. The monoisotopic (exact) mass is 112 g/mol. The van der Waals surface area contributed by atoms with E-state index in [9.17, 15) is 5.11 Å². The van der Waals surface area contributed by atoms with Crippen LogP contribution in [0.1, 0.15) is 25.7 Å². The molecule has 0 saturated carbocycles. The van der Waals surface area contributed by atoms with Crippen LogP contribution in [0.3, 0.4) is 0 Å². The maximum Gasteiger partial charge on any atom is -0.0282 e. The fourth-order valence-electron chi connectivity index (χ4n) is 0.529. The van der Waals surface area contributed by atoms with Crippen LogP contribution in [0, 0.1) is 6.08 Å². The summed E-state index contributed by atoms with van der Waals surface area (Å²) >= 11 is 0. The molecule has 0 spiro atoms. The normalized spacial score (nSPS) is 9.12. The van der Waals surface area contributed by atoms with Gasteiger partial charge < -0.3 is 5.11 Å². The molecule has 8 heavy (non-hydrogen) atoms. The van der Waals surface area contributed by atoms with Gasteiger partial charge in [-0.05, 0) is 12.8 Å². The molecule has 0 bridgehead atoms. The molecule has 0 rings (SSSR count). The van der Waals surface area contributed by atoms with E-state index in [2.05, 4.69) is 12.7 Å². The summed E-state index contributed by atoms with van der Waals surface area (Å²) < 4.78 is 0. The molecular formula is C7H12O-. The molecule has 0 fully saturated rings. The zero-order valence-electron chi connectivity index (χ0n) is 5.15. The van der Waals surface area contributed by atoms with Crippen molar-refractivity contribution in [3.05, 3.63) is 12.7 Å². The van der Waals surface area contributed by atoms with E-state index in [0.717, 1.165) is 25.7 Å². The Labute approximate surface area is 51.0 Å². The second kappa shape index (κ2) is 6.70. The molecule has 0 atom stereocenters. The minimum absolute atomic E-state index is 0.0666. The molecule has 0 aromatic carbocycles. The molecule has 0 aliphatic heterocycles. The van der Waals surface area contributed by atoms with Crippen molar-refractivity contribution in [2.24, 2.45) is 0 Å². The smallest absolute Gasteiger partial charge is 0.0282 e. The van der Waals surface area contributed by atoms with Crippen LogP contribution < -0.4 is 5.11 Å². The van der Waals surface area contributed by atoms with Gasteiger partial charge in [0.1, 0.15) is 0 Å². The third-order valence-corrected chi connectivity index (χ3v) is 0.998. The summed E-state index contributed by atoms with van der Waals surface area (Å²) in [5.74, 6) is 0. The van der Waals surface area contributed by atoms with E-state index in [0.29, 0.717) is 0 Å². The predicted molar refractivity (Wildman–Crippen MR) is 32.2 cm³/mol. The lowest BCUT2D eigenvalue weighted by molar-refractivity contribution is -0.368. The number of unbranched alkanes of at least 4 members (excludes halogenated alkanes) is 3. The standard InChI is InChI=1S/C7H12O/c1-2-3-4-5-6-7-8/h1,3-7H2/q-1. The lowest BCUT2D eigenvalue weighted by atomic mass is 10.2. The Morgan fingerprint density at radius 2 is 2.00 bits per heavy atom. The molecule has 1 radical (unpaired) electrons. The highest BCUT2D eigenvalue weighted by atomic mass is 16.2. The first-order chi connectivity index (χ1) is 3.91. The molecule has 0 N–H and O–H groups in total. The molecule has 0 unspecified atom stereocenters. The first-order valence-electron chi connectivity index (χ1n) is 3.00. The van der Waals surface area contributed by atoms with Gasteiger partial charge in [0.05, 0.1) is 0 Å². The molecule has 1 heteroatoms. The van der Waals surface area contributed by atoms with E-state index in [1.165, 1.54) is 0 Å². The second-order valence-corrected chi connectivity index (χ2v) is 1.76.